The third-order valence-corrected chi connectivity index (χ3v) is 3.83. The van der Waals surface area contributed by atoms with Crippen molar-refractivity contribution in [2.24, 2.45) is 0 Å². The number of aromatic nitrogens is 2. The number of halogens is 3. The second-order valence-electron chi connectivity index (χ2n) is 5.26. The number of benzene rings is 2. The molecule has 1 aromatic heterocycles. The van der Waals surface area contributed by atoms with Crippen LogP contribution < -0.4 is 10.6 Å². The Morgan fingerprint density at radius 3 is 2.68 bits per heavy atom. The highest BCUT2D eigenvalue weighted by Gasteiger charge is 2.07. The van der Waals surface area contributed by atoms with Crippen molar-refractivity contribution < 1.29 is 9.18 Å². The number of nitrogens with one attached hydrogen (secondary N) is 2. The van der Waals surface area contributed by atoms with Gasteiger partial charge in [0.1, 0.15) is 5.82 Å². The molecule has 3 aromatic rings. The molecular weight excluding hydrogens is 366 g/mol. The van der Waals surface area contributed by atoms with E-state index in [1.807, 2.05) is 18.2 Å². The maximum Gasteiger partial charge on any atom is 0.323 e. The van der Waals surface area contributed by atoms with Gasteiger partial charge >= 0.3 is 6.03 Å². The number of urea groups is 1. The first-order valence-corrected chi connectivity index (χ1v) is 8.05. The van der Waals surface area contributed by atoms with Crippen LogP contribution in [0.2, 0.25) is 10.0 Å². The van der Waals surface area contributed by atoms with Crippen LogP contribution in [0.15, 0.2) is 54.9 Å². The van der Waals surface area contributed by atoms with Gasteiger partial charge in [-0.05, 0) is 35.9 Å². The van der Waals surface area contributed by atoms with Crippen LogP contribution in [-0.4, -0.2) is 15.8 Å². The van der Waals surface area contributed by atoms with Crippen molar-refractivity contribution in [3.05, 3.63) is 76.3 Å². The van der Waals surface area contributed by atoms with Crippen LogP contribution in [0.25, 0.3) is 0 Å². The molecule has 0 radical (unpaired) electrons. The minimum Gasteiger partial charge on any atom is -0.308 e. The lowest BCUT2D eigenvalue weighted by molar-refractivity contribution is 0.262. The highest BCUT2D eigenvalue weighted by atomic mass is 35.5. The molecule has 0 spiro atoms. The molecule has 8 heteroatoms. The number of nitrogens with zero attached hydrogens (tertiary/aromatic N) is 2. The summed E-state index contributed by atoms with van der Waals surface area (Å²) in [6.45, 7) is 0.525. The van der Waals surface area contributed by atoms with E-state index in [1.54, 1.807) is 16.9 Å². The van der Waals surface area contributed by atoms with Gasteiger partial charge in [-0.3, -0.25) is 4.68 Å². The largest absolute Gasteiger partial charge is 0.323 e. The van der Waals surface area contributed by atoms with Gasteiger partial charge in [0.2, 0.25) is 0 Å². The molecule has 0 unspecified atom stereocenters. The molecule has 0 atom stereocenters. The number of carbonyl (C=O) groups excluding carboxylic acids is 1. The third kappa shape index (κ3) is 4.71. The minimum atomic E-state index is -0.546. The average molecular weight is 379 g/mol. The Morgan fingerprint density at radius 1 is 1.12 bits per heavy atom. The standard InChI is InChI=1S/C17H13Cl2FN4O/c18-12-3-1-2-11(6-12)9-24-10-14(8-21-24)23-17(25)22-13-4-5-16(20)15(19)7-13/h1-8,10H,9H2,(H2,22,23,25). The molecule has 0 saturated carbocycles. The van der Waals surface area contributed by atoms with Gasteiger partial charge in [-0.15, -0.1) is 0 Å². The topological polar surface area (TPSA) is 59.0 Å². The predicted octanol–water partition coefficient (Wildman–Crippen LogP) is 5.02. The summed E-state index contributed by atoms with van der Waals surface area (Å²) >= 11 is 11.6. The van der Waals surface area contributed by atoms with Crippen molar-refractivity contribution >= 4 is 40.6 Å². The molecule has 0 aliphatic carbocycles. The van der Waals surface area contributed by atoms with Crippen molar-refractivity contribution in [2.45, 2.75) is 6.54 Å². The molecule has 2 N–H and O–H groups in total. The zero-order valence-corrected chi connectivity index (χ0v) is 14.4. The maximum atomic E-state index is 13.1. The first-order valence-electron chi connectivity index (χ1n) is 7.29. The lowest BCUT2D eigenvalue weighted by atomic mass is 10.2. The molecule has 0 fully saturated rings. The van der Waals surface area contributed by atoms with Crippen molar-refractivity contribution in [2.75, 3.05) is 10.6 Å². The van der Waals surface area contributed by atoms with Crippen LogP contribution in [-0.2, 0) is 6.54 Å². The third-order valence-electron chi connectivity index (χ3n) is 3.30. The SMILES string of the molecule is O=C(Nc1ccc(F)c(Cl)c1)Nc1cnn(Cc2cccc(Cl)c2)c1. The Bertz CT molecular complexity index is 913. The van der Waals surface area contributed by atoms with Crippen molar-refractivity contribution in [1.29, 1.82) is 0 Å². The number of hydrogen-bond acceptors (Lipinski definition) is 2. The van der Waals surface area contributed by atoms with Crippen molar-refractivity contribution in [3.8, 4) is 0 Å². The lowest BCUT2D eigenvalue weighted by Crippen LogP contribution is -2.19. The van der Waals surface area contributed by atoms with Gasteiger partial charge < -0.3 is 10.6 Å². The van der Waals surface area contributed by atoms with Gasteiger partial charge in [0, 0.05) is 16.9 Å². The van der Waals surface area contributed by atoms with Gasteiger partial charge in [0.15, 0.2) is 0 Å². The van der Waals surface area contributed by atoms with E-state index in [0.29, 0.717) is 22.9 Å². The Kier molecular flexibility index (Phi) is 5.21. The van der Waals surface area contributed by atoms with E-state index in [4.69, 9.17) is 23.2 Å². The Hall–Kier alpha value is -2.57. The number of rotatable bonds is 4. The summed E-state index contributed by atoms with van der Waals surface area (Å²) in [4.78, 5) is 12.0. The zero-order chi connectivity index (χ0) is 17.8. The molecule has 2 amide bonds. The van der Waals surface area contributed by atoms with Gasteiger partial charge in [-0.1, -0.05) is 35.3 Å². The van der Waals surface area contributed by atoms with Crippen molar-refractivity contribution in [1.82, 2.24) is 9.78 Å². The number of carbonyl (C=O) groups is 1. The molecule has 0 bridgehead atoms. The van der Waals surface area contributed by atoms with Gasteiger partial charge in [-0.25, -0.2) is 9.18 Å². The summed E-state index contributed by atoms with van der Waals surface area (Å²) < 4.78 is 14.8. The molecule has 1 heterocycles. The van der Waals surface area contributed by atoms with Crippen LogP contribution in [0.3, 0.4) is 0 Å². The normalized spacial score (nSPS) is 10.5. The molecule has 2 aromatic carbocycles. The van der Waals surface area contributed by atoms with Crippen LogP contribution in [0.4, 0.5) is 20.6 Å². The highest BCUT2D eigenvalue weighted by Crippen LogP contribution is 2.19. The fourth-order valence-electron chi connectivity index (χ4n) is 2.20. The number of anilines is 2. The molecule has 5 nitrogen and oxygen atoms in total. The second-order valence-corrected chi connectivity index (χ2v) is 6.11. The van der Waals surface area contributed by atoms with Gasteiger partial charge in [0.25, 0.3) is 0 Å². The fraction of sp³-hybridized carbons (Fsp3) is 0.0588. The molecule has 3 rings (SSSR count). The average Bonchev–Trinajstić information content (AvgIpc) is 2.98. The van der Waals surface area contributed by atoms with E-state index in [0.717, 1.165) is 5.56 Å². The monoisotopic (exact) mass is 378 g/mol. The Labute approximate surface area is 153 Å². The van der Waals surface area contributed by atoms with Crippen LogP contribution in [0.1, 0.15) is 5.56 Å². The Balaban J connectivity index is 1.60. The van der Waals surface area contributed by atoms with E-state index in [2.05, 4.69) is 15.7 Å². The first-order chi connectivity index (χ1) is 12.0. The van der Waals surface area contributed by atoms with Crippen LogP contribution in [0.5, 0.6) is 0 Å². The predicted molar refractivity (Wildman–Crippen MR) is 96.8 cm³/mol. The molecule has 128 valence electrons. The van der Waals surface area contributed by atoms with E-state index in [-0.39, 0.29) is 5.02 Å². The summed E-state index contributed by atoms with van der Waals surface area (Å²) in [6, 6.07) is 10.9. The maximum absolute atomic E-state index is 13.1. The highest BCUT2D eigenvalue weighted by molar-refractivity contribution is 6.31. The Morgan fingerprint density at radius 2 is 1.92 bits per heavy atom. The van der Waals surface area contributed by atoms with Gasteiger partial charge in [-0.2, -0.15) is 5.10 Å². The van der Waals surface area contributed by atoms with E-state index in [1.165, 1.54) is 24.4 Å². The van der Waals surface area contributed by atoms with E-state index in [9.17, 15) is 9.18 Å². The lowest BCUT2D eigenvalue weighted by Gasteiger charge is -2.06. The smallest absolute Gasteiger partial charge is 0.308 e. The van der Waals surface area contributed by atoms with Crippen LogP contribution >= 0.6 is 23.2 Å². The van der Waals surface area contributed by atoms with E-state index < -0.39 is 11.8 Å². The summed E-state index contributed by atoms with van der Waals surface area (Å²) in [5.41, 5.74) is 1.90. The zero-order valence-electron chi connectivity index (χ0n) is 12.8. The fourth-order valence-corrected chi connectivity index (χ4v) is 2.60. The van der Waals surface area contributed by atoms with Gasteiger partial charge in [0.05, 0.1) is 23.5 Å². The second kappa shape index (κ2) is 7.55. The summed E-state index contributed by atoms with van der Waals surface area (Å²) in [6.07, 6.45) is 3.22. The molecule has 0 aliphatic heterocycles. The number of amides is 2. The van der Waals surface area contributed by atoms with Crippen molar-refractivity contribution in [3.63, 3.8) is 0 Å². The molecular formula is C17H13Cl2FN4O. The molecule has 25 heavy (non-hydrogen) atoms. The van der Waals surface area contributed by atoms with Crippen LogP contribution in [0, 0.1) is 5.82 Å². The van der Waals surface area contributed by atoms with E-state index >= 15 is 0 Å². The molecule has 0 saturated heterocycles. The summed E-state index contributed by atoms with van der Waals surface area (Å²) in [5, 5.41) is 9.99. The minimum absolute atomic E-state index is 0.0628. The quantitative estimate of drug-likeness (QED) is 0.669. The summed E-state index contributed by atoms with van der Waals surface area (Å²) in [7, 11) is 0. The summed E-state index contributed by atoms with van der Waals surface area (Å²) in [5.74, 6) is -0.546. The first kappa shape index (κ1) is 17.3. The molecule has 0 aliphatic rings. The number of hydrogen-bond donors (Lipinski definition) is 2.